The molecule has 0 saturated carbocycles. The van der Waals surface area contributed by atoms with Crippen molar-refractivity contribution in [2.45, 2.75) is 84.8 Å². The van der Waals surface area contributed by atoms with E-state index in [0.29, 0.717) is 31.4 Å². The van der Waals surface area contributed by atoms with E-state index in [-0.39, 0.29) is 24.9 Å². The SMILES string of the molecule is O=C(O)CCCCC(CCS[C@@H]1OC[C@@H](O)[C@H](O)[C@H]1O)S[C@@H]1OC[C@@H](O)[C@H](O)[C@H]1O. The van der Waals surface area contributed by atoms with Crippen LogP contribution < -0.4 is 0 Å². The second-order valence-corrected chi connectivity index (χ2v) is 10.2. The summed E-state index contributed by atoms with van der Waals surface area (Å²) in [5.41, 5.74) is -1.39. The first-order valence-electron chi connectivity index (χ1n) is 10.0. The Morgan fingerprint density at radius 3 is 2.00 bits per heavy atom. The number of thioether (sulfide) groups is 2. The van der Waals surface area contributed by atoms with E-state index in [1.54, 1.807) is 0 Å². The predicted molar refractivity (Wildman–Crippen MR) is 110 cm³/mol. The van der Waals surface area contributed by atoms with E-state index in [9.17, 15) is 35.4 Å². The van der Waals surface area contributed by atoms with E-state index < -0.39 is 53.5 Å². The molecule has 10 nitrogen and oxygen atoms in total. The maximum Gasteiger partial charge on any atom is 0.303 e. The Balaban J connectivity index is 1.85. The highest BCUT2D eigenvalue weighted by Gasteiger charge is 2.40. The summed E-state index contributed by atoms with van der Waals surface area (Å²) < 4.78 is 10.8. The number of aliphatic hydroxyl groups excluding tert-OH is 6. The molecular weight excluding hydrogens is 440 g/mol. The highest BCUT2D eigenvalue weighted by molar-refractivity contribution is 8.01. The fraction of sp³-hybridized carbons (Fsp3) is 0.944. The van der Waals surface area contributed by atoms with Crippen LogP contribution in [-0.4, -0.2) is 113 Å². The zero-order valence-corrected chi connectivity index (χ0v) is 18.2. The molecule has 0 aliphatic carbocycles. The average Bonchev–Trinajstić information content (AvgIpc) is 2.71. The van der Waals surface area contributed by atoms with Gasteiger partial charge in [0.1, 0.15) is 47.5 Å². The van der Waals surface area contributed by atoms with E-state index in [1.807, 2.05) is 0 Å². The Morgan fingerprint density at radius 2 is 1.40 bits per heavy atom. The minimum absolute atomic E-state index is 0.0235. The summed E-state index contributed by atoms with van der Waals surface area (Å²) in [5, 5.41) is 67.7. The lowest BCUT2D eigenvalue weighted by Gasteiger charge is -2.37. The van der Waals surface area contributed by atoms with Gasteiger partial charge in [0.15, 0.2) is 0 Å². The molecule has 2 aliphatic rings. The van der Waals surface area contributed by atoms with Gasteiger partial charge in [0.05, 0.1) is 13.2 Å². The molecule has 176 valence electrons. The van der Waals surface area contributed by atoms with Crippen LogP contribution in [0.1, 0.15) is 32.1 Å². The molecule has 2 heterocycles. The normalized spacial score (nSPS) is 38.3. The van der Waals surface area contributed by atoms with Crippen molar-refractivity contribution in [3.05, 3.63) is 0 Å². The van der Waals surface area contributed by atoms with Crippen LogP contribution in [0.4, 0.5) is 0 Å². The molecule has 2 saturated heterocycles. The molecule has 0 bridgehead atoms. The minimum atomic E-state index is -1.29. The molecule has 2 fully saturated rings. The number of carboxylic acid groups (broad SMARTS) is 1. The topological polar surface area (TPSA) is 177 Å². The molecule has 0 aromatic heterocycles. The fourth-order valence-electron chi connectivity index (χ4n) is 3.26. The van der Waals surface area contributed by atoms with Crippen molar-refractivity contribution in [2.24, 2.45) is 0 Å². The van der Waals surface area contributed by atoms with E-state index in [0.717, 1.165) is 0 Å². The molecule has 1 unspecified atom stereocenters. The number of carboxylic acids is 1. The van der Waals surface area contributed by atoms with Gasteiger partial charge >= 0.3 is 5.97 Å². The standard InChI is InChI=1S/C18H32O10S2/c19-10-7-27-17(15(25)13(10)23)29-6-5-9(3-1-2-4-12(21)22)30-18-16(26)14(24)11(20)8-28-18/h9-11,13-20,23-26H,1-8H2,(H,21,22)/t9?,10-,11-,13+,14+,15-,16-,17+,18+/m1/s1. The lowest BCUT2D eigenvalue weighted by atomic mass is 10.1. The van der Waals surface area contributed by atoms with E-state index in [2.05, 4.69) is 0 Å². The zero-order chi connectivity index (χ0) is 22.3. The van der Waals surface area contributed by atoms with Crippen molar-refractivity contribution in [1.82, 2.24) is 0 Å². The van der Waals surface area contributed by atoms with E-state index >= 15 is 0 Å². The molecule has 30 heavy (non-hydrogen) atoms. The molecule has 0 radical (unpaired) electrons. The van der Waals surface area contributed by atoms with Gasteiger partial charge < -0.3 is 45.2 Å². The number of aliphatic hydroxyl groups is 6. The molecule has 12 heteroatoms. The van der Waals surface area contributed by atoms with Crippen molar-refractivity contribution < 1.29 is 50.0 Å². The van der Waals surface area contributed by atoms with Gasteiger partial charge in [-0.25, -0.2) is 0 Å². The summed E-state index contributed by atoms with van der Waals surface area (Å²) >= 11 is 2.63. The molecule has 9 atom stereocenters. The number of carbonyl (C=O) groups is 1. The Bertz CT molecular complexity index is 527. The van der Waals surface area contributed by atoms with Gasteiger partial charge in [0.2, 0.25) is 0 Å². The summed E-state index contributed by atoms with van der Waals surface area (Å²) in [7, 11) is 0. The summed E-state index contributed by atoms with van der Waals surface area (Å²) in [6.45, 7) is -0.149. The smallest absolute Gasteiger partial charge is 0.303 e. The number of ether oxygens (including phenoxy) is 2. The third-order valence-electron chi connectivity index (χ3n) is 5.12. The van der Waals surface area contributed by atoms with Crippen molar-refractivity contribution in [1.29, 1.82) is 0 Å². The first kappa shape index (κ1) is 26.1. The van der Waals surface area contributed by atoms with Gasteiger partial charge in [-0.05, 0) is 25.0 Å². The predicted octanol–water partition coefficient (Wildman–Crippen LogP) is -1.27. The summed E-state index contributed by atoms with van der Waals surface area (Å²) in [5.74, 6) is -0.308. The number of unbranched alkanes of at least 4 members (excludes halogenated alkanes) is 1. The van der Waals surface area contributed by atoms with Gasteiger partial charge in [-0.3, -0.25) is 4.79 Å². The van der Waals surface area contributed by atoms with Gasteiger partial charge in [-0.1, -0.05) is 6.42 Å². The number of rotatable bonds is 11. The van der Waals surface area contributed by atoms with Crippen LogP contribution in [0.15, 0.2) is 0 Å². The summed E-state index contributed by atoms with van der Waals surface area (Å²) in [6.07, 6.45) is -4.74. The van der Waals surface area contributed by atoms with Crippen LogP contribution in [0.2, 0.25) is 0 Å². The highest BCUT2D eigenvalue weighted by Crippen LogP contribution is 2.34. The van der Waals surface area contributed by atoms with E-state index in [4.69, 9.17) is 14.6 Å². The first-order chi connectivity index (χ1) is 14.2. The quantitative estimate of drug-likeness (QED) is 0.178. The molecule has 2 rings (SSSR count). The van der Waals surface area contributed by atoms with Crippen molar-refractivity contribution in [2.75, 3.05) is 19.0 Å². The number of hydrogen-bond acceptors (Lipinski definition) is 11. The van der Waals surface area contributed by atoms with Gasteiger partial charge in [-0.15, -0.1) is 23.5 Å². The number of hydrogen-bond donors (Lipinski definition) is 7. The average molecular weight is 473 g/mol. The van der Waals surface area contributed by atoms with Gasteiger partial charge in [-0.2, -0.15) is 0 Å². The maximum absolute atomic E-state index is 10.7. The number of aliphatic carboxylic acids is 1. The van der Waals surface area contributed by atoms with Crippen LogP contribution >= 0.6 is 23.5 Å². The second kappa shape index (κ2) is 12.8. The third kappa shape index (κ3) is 7.76. The molecule has 0 aromatic rings. The maximum atomic E-state index is 10.7. The third-order valence-corrected chi connectivity index (χ3v) is 7.88. The second-order valence-electron chi connectivity index (χ2n) is 7.56. The largest absolute Gasteiger partial charge is 0.481 e. The minimum Gasteiger partial charge on any atom is -0.481 e. The first-order valence-corrected chi connectivity index (χ1v) is 12.0. The van der Waals surface area contributed by atoms with Crippen molar-refractivity contribution in [3.8, 4) is 0 Å². The molecule has 0 amide bonds. The van der Waals surface area contributed by atoms with Gasteiger partial charge in [0.25, 0.3) is 0 Å². The Labute approximate surface area is 183 Å². The molecular formula is C18H32O10S2. The Hall–Kier alpha value is -0.150. The fourth-order valence-corrected chi connectivity index (χ4v) is 6.01. The molecule has 0 aromatic carbocycles. The van der Waals surface area contributed by atoms with Crippen molar-refractivity contribution >= 4 is 29.5 Å². The zero-order valence-electron chi connectivity index (χ0n) is 16.5. The van der Waals surface area contributed by atoms with Crippen molar-refractivity contribution in [3.63, 3.8) is 0 Å². The van der Waals surface area contributed by atoms with Crippen LogP contribution in [-0.2, 0) is 14.3 Å². The highest BCUT2D eigenvalue weighted by atomic mass is 32.2. The lowest BCUT2D eigenvalue weighted by molar-refractivity contribution is -0.161. The Kier molecular flexibility index (Phi) is 11.1. The summed E-state index contributed by atoms with van der Waals surface area (Å²) in [4.78, 5) is 10.7. The molecule has 7 N–H and O–H groups in total. The van der Waals surface area contributed by atoms with Gasteiger partial charge in [0, 0.05) is 11.7 Å². The monoisotopic (exact) mass is 472 g/mol. The van der Waals surface area contributed by atoms with Crippen LogP contribution in [0.3, 0.4) is 0 Å². The molecule has 2 aliphatic heterocycles. The van der Waals surface area contributed by atoms with Crippen LogP contribution in [0.5, 0.6) is 0 Å². The molecule has 0 spiro atoms. The van der Waals surface area contributed by atoms with Crippen LogP contribution in [0, 0.1) is 0 Å². The lowest BCUT2D eigenvalue weighted by Crippen LogP contribution is -2.52. The van der Waals surface area contributed by atoms with E-state index in [1.165, 1.54) is 23.5 Å². The summed E-state index contributed by atoms with van der Waals surface area (Å²) in [6, 6.07) is 0. The Morgan fingerprint density at radius 1 is 0.833 bits per heavy atom. The van der Waals surface area contributed by atoms with Crippen LogP contribution in [0.25, 0.3) is 0 Å².